The number of hydrogen-bond acceptors (Lipinski definition) is 0. The molecule has 0 heterocycles. The second-order valence-corrected chi connectivity index (χ2v) is 4.44. The van der Waals surface area contributed by atoms with Crippen molar-refractivity contribution in [2.45, 2.75) is 33.1 Å². The Morgan fingerprint density at radius 2 is 2.23 bits per heavy atom. The molecule has 0 aromatic rings. The Labute approximate surface area is 81.0 Å². The molecule has 0 fully saturated rings. The SMILES string of the molecule is CC(C)C1=CC2=CC=CCC2CC1. The lowest BCUT2D eigenvalue weighted by molar-refractivity contribution is 0.526. The van der Waals surface area contributed by atoms with Crippen LogP contribution < -0.4 is 0 Å². The van der Waals surface area contributed by atoms with Crippen molar-refractivity contribution in [3.8, 4) is 0 Å². The van der Waals surface area contributed by atoms with Gasteiger partial charge in [-0.2, -0.15) is 0 Å². The maximum absolute atomic E-state index is 2.43. The van der Waals surface area contributed by atoms with E-state index in [1.54, 1.807) is 11.1 Å². The van der Waals surface area contributed by atoms with Gasteiger partial charge in [0.15, 0.2) is 0 Å². The molecule has 0 saturated carbocycles. The van der Waals surface area contributed by atoms with Gasteiger partial charge in [-0.25, -0.2) is 0 Å². The van der Waals surface area contributed by atoms with Gasteiger partial charge >= 0.3 is 0 Å². The molecule has 13 heavy (non-hydrogen) atoms. The predicted octanol–water partition coefficient (Wildman–Crippen LogP) is 3.87. The first-order valence-corrected chi connectivity index (χ1v) is 5.34. The Kier molecular flexibility index (Phi) is 2.39. The highest BCUT2D eigenvalue weighted by Crippen LogP contribution is 2.35. The first-order chi connectivity index (χ1) is 6.27. The van der Waals surface area contributed by atoms with Crippen LogP contribution in [0, 0.1) is 11.8 Å². The predicted molar refractivity (Wildman–Crippen MR) is 57.5 cm³/mol. The first-order valence-electron chi connectivity index (χ1n) is 5.34. The molecular formula is C13H18. The molecule has 0 amide bonds. The minimum Gasteiger partial charge on any atom is -0.0839 e. The molecule has 0 N–H and O–H groups in total. The van der Waals surface area contributed by atoms with Gasteiger partial charge in [-0.3, -0.25) is 0 Å². The summed E-state index contributed by atoms with van der Waals surface area (Å²) in [6.07, 6.45) is 13.1. The maximum Gasteiger partial charge on any atom is -0.0124 e. The van der Waals surface area contributed by atoms with Crippen LogP contribution in [0.1, 0.15) is 33.1 Å². The summed E-state index contributed by atoms with van der Waals surface area (Å²) in [5.74, 6) is 1.56. The van der Waals surface area contributed by atoms with Crippen LogP contribution in [0.3, 0.4) is 0 Å². The van der Waals surface area contributed by atoms with E-state index in [1.165, 1.54) is 19.3 Å². The molecule has 2 rings (SSSR count). The molecule has 1 unspecified atom stereocenters. The van der Waals surface area contributed by atoms with Crippen molar-refractivity contribution in [2.75, 3.05) is 0 Å². The molecule has 2 aliphatic rings. The van der Waals surface area contributed by atoms with Gasteiger partial charge in [0.25, 0.3) is 0 Å². The molecule has 0 spiro atoms. The van der Waals surface area contributed by atoms with Crippen molar-refractivity contribution in [2.24, 2.45) is 11.8 Å². The van der Waals surface area contributed by atoms with Crippen LogP contribution in [0.4, 0.5) is 0 Å². The number of allylic oxidation sites excluding steroid dienone is 6. The van der Waals surface area contributed by atoms with E-state index < -0.39 is 0 Å². The van der Waals surface area contributed by atoms with Crippen molar-refractivity contribution in [1.82, 2.24) is 0 Å². The molecule has 0 aromatic carbocycles. The third kappa shape index (κ3) is 1.77. The van der Waals surface area contributed by atoms with Gasteiger partial charge in [-0.15, -0.1) is 0 Å². The Morgan fingerprint density at radius 3 is 3.00 bits per heavy atom. The van der Waals surface area contributed by atoms with E-state index in [-0.39, 0.29) is 0 Å². The lowest BCUT2D eigenvalue weighted by Gasteiger charge is -2.27. The van der Waals surface area contributed by atoms with Gasteiger partial charge in [0.1, 0.15) is 0 Å². The second kappa shape index (κ2) is 3.53. The summed E-state index contributed by atoms with van der Waals surface area (Å²) in [6.45, 7) is 4.59. The highest BCUT2D eigenvalue weighted by Gasteiger charge is 2.20. The van der Waals surface area contributed by atoms with E-state index in [0.717, 1.165) is 11.8 Å². The van der Waals surface area contributed by atoms with Crippen LogP contribution in [0.5, 0.6) is 0 Å². The topological polar surface area (TPSA) is 0 Å². The minimum absolute atomic E-state index is 0.729. The van der Waals surface area contributed by atoms with E-state index in [2.05, 4.69) is 38.2 Å². The van der Waals surface area contributed by atoms with E-state index in [1.807, 2.05) is 0 Å². The van der Waals surface area contributed by atoms with Crippen LogP contribution in [0.25, 0.3) is 0 Å². The van der Waals surface area contributed by atoms with Gasteiger partial charge < -0.3 is 0 Å². The van der Waals surface area contributed by atoms with Crippen molar-refractivity contribution < 1.29 is 0 Å². The van der Waals surface area contributed by atoms with Gasteiger partial charge in [-0.05, 0) is 36.7 Å². The molecular weight excluding hydrogens is 156 g/mol. The molecule has 0 heteroatoms. The van der Waals surface area contributed by atoms with Gasteiger partial charge in [0.05, 0.1) is 0 Å². The van der Waals surface area contributed by atoms with Crippen LogP contribution in [-0.4, -0.2) is 0 Å². The summed E-state index contributed by atoms with van der Waals surface area (Å²) in [7, 11) is 0. The highest BCUT2D eigenvalue weighted by molar-refractivity contribution is 5.35. The summed E-state index contributed by atoms with van der Waals surface area (Å²) < 4.78 is 0. The van der Waals surface area contributed by atoms with Crippen LogP contribution in [0.15, 0.2) is 35.5 Å². The van der Waals surface area contributed by atoms with Crippen molar-refractivity contribution in [3.63, 3.8) is 0 Å². The van der Waals surface area contributed by atoms with E-state index in [9.17, 15) is 0 Å². The second-order valence-electron chi connectivity index (χ2n) is 4.44. The van der Waals surface area contributed by atoms with Gasteiger partial charge in [0.2, 0.25) is 0 Å². The smallest absolute Gasteiger partial charge is 0.0124 e. The summed E-state index contributed by atoms with van der Waals surface area (Å²) in [6, 6.07) is 0. The lowest BCUT2D eigenvalue weighted by Crippen LogP contribution is -2.12. The van der Waals surface area contributed by atoms with Crippen LogP contribution in [-0.2, 0) is 0 Å². The molecule has 70 valence electrons. The maximum atomic E-state index is 2.43. The normalized spacial score (nSPS) is 26.8. The third-order valence-electron chi connectivity index (χ3n) is 3.19. The summed E-state index contributed by atoms with van der Waals surface area (Å²) in [5.41, 5.74) is 3.20. The Morgan fingerprint density at radius 1 is 1.38 bits per heavy atom. The molecule has 0 aliphatic heterocycles. The summed E-state index contributed by atoms with van der Waals surface area (Å²) in [5, 5.41) is 0. The Balaban J connectivity index is 2.23. The van der Waals surface area contributed by atoms with Gasteiger partial charge in [-0.1, -0.05) is 43.7 Å². The Bertz CT molecular complexity index is 276. The average Bonchev–Trinajstić information content (AvgIpc) is 2.17. The lowest BCUT2D eigenvalue weighted by atomic mass is 9.78. The fourth-order valence-corrected chi connectivity index (χ4v) is 2.23. The van der Waals surface area contributed by atoms with E-state index in [4.69, 9.17) is 0 Å². The van der Waals surface area contributed by atoms with E-state index in [0.29, 0.717) is 0 Å². The molecule has 2 aliphatic carbocycles. The summed E-state index contributed by atoms with van der Waals surface area (Å²) >= 11 is 0. The number of hydrogen-bond donors (Lipinski definition) is 0. The highest BCUT2D eigenvalue weighted by atomic mass is 14.2. The first kappa shape index (κ1) is 8.80. The van der Waals surface area contributed by atoms with Crippen LogP contribution >= 0.6 is 0 Å². The molecule has 0 nitrogen and oxygen atoms in total. The fourth-order valence-electron chi connectivity index (χ4n) is 2.23. The standard InChI is InChI=1S/C13H18/c1-10(2)12-8-7-11-5-3-4-6-13(11)9-12/h3-4,6,9-11H,5,7-8H2,1-2H3. The van der Waals surface area contributed by atoms with Crippen molar-refractivity contribution in [1.29, 1.82) is 0 Å². The fraction of sp³-hybridized carbons (Fsp3) is 0.538. The van der Waals surface area contributed by atoms with Gasteiger partial charge in [0, 0.05) is 0 Å². The zero-order valence-corrected chi connectivity index (χ0v) is 8.59. The zero-order chi connectivity index (χ0) is 9.26. The molecule has 0 bridgehead atoms. The van der Waals surface area contributed by atoms with Crippen molar-refractivity contribution in [3.05, 3.63) is 35.5 Å². The van der Waals surface area contributed by atoms with E-state index >= 15 is 0 Å². The minimum atomic E-state index is 0.729. The zero-order valence-electron chi connectivity index (χ0n) is 8.59. The number of rotatable bonds is 1. The molecule has 0 aromatic heterocycles. The molecule has 0 saturated heterocycles. The molecule has 1 atom stereocenters. The van der Waals surface area contributed by atoms with Crippen molar-refractivity contribution >= 4 is 0 Å². The monoisotopic (exact) mass is 174 g/mol. The van der Waals surface area contributed by atoms with Crippen LogP contribution in [0.2, 0.25) is 0 Å². The average molecular weight is 174 g/mol. The summed E-state index contributed by atoms with van der Waals surface area (Å²) in [4.78, 5) is 0. The quantitative estimate of drug-likeness (QED) is 0.566. The molecule has 0 radical (unpaired) electrons. The largest absolute Gasteiger partial charge is 0.0839 e. The third-order valence-corrected chi connectivity index (χ3v) is 3.19. The number of fused-ring (bicyclic) bond motifs is 1. The Hall–Kier alpha value is -0.780.